The van der Waals surface area contributed by atoms with E-state index in [9.17, 15) is 14.0 Å². The molecule has 0 saturated carbocycles. The summed E-state index contributed by atoms with van der Waals surface area (Å²) in [4.78, 5) is 28.6. The van der Waals surface area contributed by atoms with Crippen LogP contribution in [0.5, 0.6) is 0 Å². The van der Waals surface area contributed by atoms with Crippen molar-refractivity contribution >= 4 is 29.4 Å². The number of fused-ring (bicyclic) bond motifs is 1. The van der Waals surface area contributed by atoms with Crippen LogP contribution in [0.15, 0.2) is 36.4 Å². The first kappa shape index (κ1) is 20.7. The Morgan fingerprint density at radius 3 is 2.60 bits per heavy atom. The first-order valence-electron chi connectivity index (χ1n) is 10.2. The van der Waals surface area contributed by atoms with Crippen molar-refractivity contribution in [3.63, 3.8) is 0 Å². The first-order valence-corrected chi connectivity index (χ1v) is 11.3. The maximum Gasteiger partial charge on any atom is 0.337 e. The third-order valence-electron chi connectivity index (χ3n) is 5.71. The summed E-state index contributed by atoms with van der Waals surface area (Å²) in [5, 5.41) is 0. The number of thioether (sulfide) groups is 1. The van der Waals surface area contributed by atoms with Gasteiger partial charge in [0.25, 0.3) is 0 Å². The molecule has 5 nitrogen and oxygen atoms in total. The second kappa shape index (κ2) is 9.08. The van der Waals surface area contributed by atoms with Gasteiger partial charge in [0.2, 0.25) is 0 Å². The van der Waals surface area contributed by atoms with Crippen LogP contribution < -0.4 is 4.90 Å². The highest BCUT2D eigenvalue weighted by atomic mass is 32.2. The fourth-order valence-electron chi connectivity index (χ4n) is 4.01. The summed E-state index contributed by atoms with van der Waals surface area (Å²) in [6, 6.07) is 10.3. The summed E-state index contributed by atoms with van der Waals surface area (Å²) in [7, 11) is 1.26. The number of rotatable bonds is 4. The van der Waals surface area contributed by atoms with Gasteiger partial charge in [-0.25, -0.2) is 14.0 Å². The smallest absolute Gasteiger partial charge is 0.337 e. The Morgan fingerprint density at radius 1 is 1.10 bits per heavy atom. The van der Waals surface area contributed by atoms with Crippen LogP contribution in [0, 0.1) is 5.82 Å². The maximum absolute atomic E-state index is 14.8. The molecule has 0 unspecified atom stereocenters. The number of aryl methyl sites for hydroxylation is 2. The second-order valence-electron chi connectivity index (χ2n) is 7.57. The number of hydrogen-bond acceptors (Lipinski definition) is 4. The monoisotopic (exact) mass is 428 g/mol. The number of hydrogen-bond donors (Lipinski definition) is 0. The van der Waals surface area contributed by atoms with Crippen LogP contribution in [-0.2, 0) is 24.1 Å². The standard InChI is InChI=1S/C23H25FN2O3S/c1-29-22(27)18-5-6-19(21(24)14-18)15-26(23(28)25-9-11-30-12-10-25)20-8-7-16-3-2-4-17(16)13-20/h5-8,13-14H,2-4,9-12,15H2,1H3. The number of halogens is 1. The van der Waals surface area contributed by atoms with Crippen molar-refractivity contribution in [1.82, 2.24) is 4.90 Å². The predicted octanol–water partition coefficient (Wildman–Crippen LogP) is 4.28. The number of ether oxygens (including phenoxy) is 1. The van der Waals surface area contributed by atoms with Crippen LogP contribution >= 0.6 is 11.8 Å². The highest BCUT2D eigenvalue weighted by molar-refractivity contribution is 7.99. The van der Waals surface area contributed by atoms with E-state index >= 15 is 0 Å². The second-order valence-corrected chi connectivity index (χ2v) is 8.80. The Morgan fingerprint density at radius 2 is 1.87 bits per heavy atom. The van der Waals surface area contributed by atoms with E-state index in [0.717, 1.165) is 36.5 Å². The highest BCUT2D eigenvalue weighted by Gasteiger charge is 2.26. The number of methoxy groups -OCH3 is 1. The molecule has 2 aliphatic rings. The van der Waals surface area contributed by atoms with Gasteiger partial charge >= 0.3 is 12.0 Å². The van der Waals surface area contributed by atoms with E-state index in [-0.39, 0.29) is 18.1 Å². The number of esters is 1. The Kier molecular flexibility index (Phi) is 6.27. The zero-order valence-corrected chi connectivity index (χ0v) is 17.8. The first-order chi connectivity index (χ1) is 14.6. The van der Waals surface area contributed by atoms with E-state index in [1.807, 2.05) is 22.7 Å². The molecule has 0 bridgehead atoms. The molecule has 1 fully saturated rings. The van der Waals surface area contributed by atoms with E-state index in [1.165, 1.54) is 30.4 Å². The van der Waals surface area contributed by atoms with E-state index in [4.69, 9.17) is 0 Å². The van der Waals surface area contributed by atoms with E-state index < -0.39 is 11.8 Å². The van der Waals surface area contributed by atoms with Gasteiger partial charge in [0, 0.05) is 35.8 Å². The minimum atomic E-state index is -0.585. The lowest BCUT2D eigenvalue weighted by Crippen LogP contribution is -2.46. The molecule has 2 aromatic rings. The van der Waals surface area contributed by atoms with Crippen molar-refractivity contribution < 1.29 is 18.7 Å². The molecule has 4 rings (SSSR count). The number of urea groups is 1. The normalized spacial score (nSPS) is 15.6. The van der Waals surface area contributed by atoms with E-state index in [2.05, 4.69) is 16.9 Å². The predicted molar refractivity (Wildman–Crippen MR) is 117 cm³/mol. The molecule has 0 radical (unpaired) electrons. The number of carbonyl (C=O) groups is 2. The summed E-state index contributed by atoms with van der Waals surface area (Å²) in [6.07, 6.45) is 3.20. The highest BCUT2D eigenvalue weighted by Crippen LogP contribution is 2.29. The molecule has 0 N–H and O–H groups in total. The van der Waals surface area contributed by atoms with Gasteiger partial charge in [0.15, 0.2) is 0 Å². The molecule has 1 aliphatic carbocycles. The fourth-order valence-corrected chi connectivity index (χ4v) is 4.91. The largest absolute Gasteiger partial charge is 0.465 e. The Hall–Kier alpha value is -2.54. The zero-order valence-electron chi connectivity index (χ0n) is 17.0. The van der Waals surface area contributed by atoms with E-state index in [0.29, 0.717) is 18.7 Å². The van der Waals surface area contributed by atoms with Gasteiger partial charge in [-0.1, -0.05) is 12.1 Å². The van der Waals surface area contributed by atoms with Gasteiger partial charge in [-0.15, -0.1) is 0 Å². The van der Waals surface area contributed by atoms with Crippen LogP contribution in [-0.4, -0.2) is 48.6 Å². The van der Waals surface area contributed by atoms with Crippen molar-refractivity contribution in [3.8, 4) is 0 Å². The van der Waals surface area contributed by atoms with Crippen LogP contribution in [0.3, 0.4) is 0 Å². The minimum Gasteiger partial charge on any atom is -0.465 e. The molecular weight excluding hydrogens is 403 g/mol. The van der Waals surface area contributed by atoms with Crippen molar-refractivity contribution in [1.29, 1.82) is 0 Å². The van der Waals surface area contributed by atoms with Gasteiger partial charge in [-0.2, -0.15) is 11.8 Å². The molecule has 1 heterocycles. The molecule has 2 aromatic carbocycles. The Bertz CT molecular complexity index is 959. The zero-order chi connectivity index (χ0) is 21.1. The van der Waals surface area contributed by atoms with Crippen LogP contribution in [0.1, 0.15) is 33.5 Å². The van der Waals surface area contributed by atoms with Crippen molar-refractivity contribution in [2.24, 2.45) is 0 Å². The van der Waals surface area contributed by atoms with Gasteiger partial charge in [0.1, 0.15) is 5.82 Å². The molecule has 2 amide bonds. The molecule has 1 saturated heterocycles. The quantitative estimate of drug-likeness (QED) is 0.683. The van der Waals surface area contributed by atoms with Crippen molar-refractivity contribution in [3.05, 3.63) is 64.5 Å². The molecule has 0 aromatic heterocycles. The van der Waals surface area contributed by atoms with Crippen LogP contribution in [0.2, 0.25) is 0 Å². The van der Waals surface area contributed by atoms with E-state index in [1.54, 1.807) is 11.0 Å². The Balaban J connectivity index is 1.65. The molecule has 30 heavy (non-hydrogen) atoms. The molecule has 158 valence electrons. The van der Waals surface area contributed by atoms with Gasteiger partial charge in [0.05, 0.1) is 19.2 Å². The van der Waals surface area contributed by atoms with Gasteiger partial charge in [-0.05, 0) is 54.7 Å². The molecule has 1 aliphatic heterocycles. The molecular formula is C23H25FN2O3S. The molecule has 7 heteroatoms. The number of carbonyl (C=O) groups excluding carboxylic acids is 2. The lowest BCUT2D eigenvalue weighted by atomic mass is 10.1. The average Bonchev–Trinajstić information content (AvgIpc) is 3.25. The molecule has 0 spiro atoms. The summed E-state index contributed by atoms with van der Waals surface area (Å²) >= 11 is 1.84. The van der Waals surface area contributed by atoms with Crippen molar-refractivity contribution in [2.75, 3.05) is 36.6 Å². The third-order valence-corrected chi connectivity index (χ3v) is 6.65. The van der Waals surface area contributed by atoms with Crippen molar-refractivity contribution in [2.45, 2.75) is 25.8 Å². The van der Waals surface area contributed by atoms with Gasteiger partial charge < -0.3 is 9.64 Å². The fraction of sp³-hybridized carbons (Fsp3) is 0.391. The third kappa shape index (κ3) is 4.31. The summed E-state index contributed by atoms with van der Waals surface area (Å²) < 4.78 is 19.4. The average molecular weight is 429 g/mol. The summed E-state index contributed by atoms with van der Waals surface area (Å²) in [5.41, 5.74) is 3.90. The molecule has 0 atom stereocenters. The topological polar surface area (TPSA) is 49.9 Å². The lowest BCUT2D eigenvalue weighted by molar-refractivity contribution is 0.0600. The number of nitrogens with zero attached hydrogens (tertiary/aromatic N) is 2. The lowest BCUT2D eigenvalue weighted by Gasteiger charge is -2.33. The van der Waals surface area contributed by atoms with Gasteiger partial charge in [-0.3, -0.25) is 4.90 Å². The van der Waals surface area contributed by atoms with Crippen LogP contribution in [0.25, 0.3) is 0 Å². The SMILES string of the molecule is COC(=O)c1ccc(CN(C(=O)N2CCSCC2)c2ccc3c(c2)CCC3)c(F)c1. The maximum atomic E-state index is 14.8. The number of anilines is 1. The summed E-state index contributed by atoms with van der Waals surface area (Å²) in [6.45, 7) is 1.48. The number of amides is 2. The summed E-state index contributed by atoms with van der Waals surface area (Å²) in [5.74, 6) is 0.710. The number of benzene rings is 2. The Labute approximate surface area is 180 Å². The minimum absolute atomic E-state index is 0.106. The van der Waals surface area contributed by atoms with Crippen LogP contribution in [0.4, 0.5) is 14.9 Å².